The van der Waals surface area contributed by atoms with Crippen LogP contribution in [0.5, 0.6) is 0 Å². The van der Waals surface area contributed by atoms with Gasteiger partial charge in [-0.15, -0.1) is 5.92 Å². The van der Waals surface area contributed by atoms with Gasteiger partial charge in [0.15, 0.2) is 6.04 Å². The van der Waals surface area contributed by atoms with Crippen molar-refractivity contribution in [1.82, 2.24) is 0 Å². The van der Waals surface area contributed by atoms with Crippen LogP contribution in [0, 0.1) is 12.8 Å². The molecule has 0 saturated carbocycles. The second kappa shape index (κ2) is 4.49. The second-order valence-electron chi connectivity index (χ2n) is 5.10. The number of quaternary nitrogens is 1. The average molecular weight is 215 g/mol. The third-order valence-electron chi connectivity index (χ3n) is 2.80. The van der Waals surface area contributed by atoms with E-state index in [0.717, 1.165) is 0 Å². The van der Waals surface area contributed by atoms with Crippen molar-refractivity contribution in [3.05, 3.63) is 6.92 Å². The summed E-state index contributed by atoms with van der Waals surface area (Å²) in [5.74, 6) is -0.108. The van der Waals surface area contributed by atoms with Crippen LogP contribution in [0.3, 0.4) is 0 Å². The van der Waals surface area contributed by atoms with Gasteiger partial charge in [0, 0.05) is 6.42 Å². The SMILES string of the molecule is [CH2-]C(C)COC(=O)C1CC(O)C[N+]1(C)C. The van der Waals surface area contributed by atoms with Crippen molar-refractivity contribution < 1.29 is 19.1 Å². The number of aliphatic hydroxyl groups excluding tert-OH is 1. The molecule has 15 heavy (non-hydrogen) atoms. The Balaban J connectivity index is 2.52. The molecule has 1 N–H and O–H groups in total. The second-order valence-corrected chi connectivity index (χ2v) is 5.10. The van der Waals surface area contributed by atoms with Crippen molar-refractivity contribution in [3.8, 4) is 0 Å². The molecule has 0 amide bonds. The fourth-order valence-electron chi connectivity index (χ4n) is 1.99. The molecule has 3 unspecified atom stereocenters. The Labute approximate surface area is 91.4 Å². The van der Waals surface area contributed by atoms with Gasteiger partial charge < -0.3 is 21.3 Å². The molecule has 1 aliphatic rings. The van der Waals surface area contributed by atoms with E-state index in [-0.39, 0.29) is 17.9 Å². The van der Waals surface area contributed by atoms with E-state index in [9.17, 15) is 9.90 Å². The number of carbonyl (C=O) groups is 1. The van der Waals surface area contributed by atoms with Crippen molar-refractivity contribution >= 4 is 5.97 Å². The third kappa shape index (κ3) is 3.18. The standard InChI is InChI=1S/C11H21NO3/c1-8(2)7-15-11(14)10-5-9(13)6-12(10,3)4/h8-10,13H,1,5-7H2,2-4H3. The fraction of sp³-hybridized carbons (Fsp3) is 0.818. The van der Waals surface area contributed by atoms with Gasteiger partial charge in [0.25, 0.3) is 0 Å². The summed E-state index contributed by atoms with van der Waals surface area (Å²) in [5.41, 5.74) is 0. The van der Waals surface area contributed by atoms with Gasteiger partial charge in [-0.3, -0.25) is 0 Å². The smallest absolute Gasteiger partial charge is 0.364 e. The lowest BCUT2D eigenvalue weighted by Gasteiger charge is -2.29. The summed E-state index contributed by atoms with van der Waals surface area (Å²) in [6, 6.07) is -0.237. The molecule has 3 atom stereocenters. The summed E-state index contributed by atoms with van der Waals surface area (Å²) in [5, 5.41) is 9.53. The molecule has 1 heterocycles. The summed E-state index contributed by atoms with van der Waals surface area (Å²) in [7, 11) is 3.88. The Morgan fingerprint density at radius 2 is 2.27 bits per heavy atom. The van der Waals surface area contributed by atoms with E-state index in [1.165, 1.54) is 0 Å². The molecular weight excluding hydrogens is 194 g/mol. The van der Waals surface area contributed by atoms with Gasteiger partial charge in [-0.05, 0) is 0 Å². The Morgan fingerprint density at radius 1 is 1.67 bits per heavy atom. The highest BCUT2D eigenvalue weighted by atomic mass is 16.5. The molecule has 1 aliphatic heterocycles. The summed E-state index contributed by atoms with van der Waals surface area (Å²) < 4.78 is 5.65. The molecule has 4 nitrogen and oxygen atoms in total. The zero-order chi connectivity index (χ0) is 11.6. The number of esters is 1. The molecule has 0 bridgehead atoms. The Hall–Kier alpha value is -0.610. The van der Waals surface area contributed by atoms with E-state index in [1.54, 1.807) is 0 Å². The molecule has 0 spiro atoms. The van der Waals surface area contributed by atoms with E-state index >= 15 is 0 Å². The first-order chi connectivity index (χ1) is 6.83. The zero-order valence-electron chi connectivity index (χ0n) is 9.77. The van der Waals surface area contributed by atoms with Gasteiger partial charge in [-0.25, -0.2) is 4.79 Å². The number of rotatable bonds is 3. The van der Waals surface area contributed by atoms with Crippen LogP contribution in [0.2, 0.25) is 0 Å². The number of hydrogen-bond donors (Lipinski definition) is 1. The number of carbonyl (C=O) groups excluding carboxylic acids is 1. The van der Waals surface area contributed by atoms with Gasteiger partial charge >= 0.3 is 5.97 Å². The van der Waals surface area contributed by atoms with Crippen molar-refractivity contribution in [2.45, 2.75) is 25.5 Å². The summed E-state index contributed by atoms with van der Waals surface area (Å²) in [4.78, 5) is 11.7. The quantitative estimate of drug-likeness (QED) is 0.416. The third-order valence-corrected chi connectivity index (χ3v) is 2.80. The molecule has 0 aromatic carbocycles. The highest BCUT2D eigenvalue weighted by Gasteiger charge is 2.45. The minimum Gasteiger partial charge on any atom is -0.464 e. The molecule has 1 saturated heterocycles. The Morgan fingerprint density at radius 3 is 2.67 bits per heavy atom. The van der Waals surface area contributed by atoms with Crippen molar-refractivity contribution in [1.29, 1.82) is 0 Å². The van der Waals surface area contributed by atoms with Gasteiger partial charge in [0.2, 0.25) is 0 Å². The number of ether oxygens (including phenoxy) is 1. The molecule has 4 heteroatoms. The number of hydrogen-bond acceptors (Lipinski definition) is 3. The van der Waals surface area contributed by atoms with Gasteiger partial charge in [-0.2, -0.15) is 0 Å². The maximum absolute atomic E-state index is 11.7. The van der Waals surface area contributed by atoms with Crippen molar-refractivity contribution in [2.75, 3.05) is 27.2 Å². The topological polar surface area (TPSA) is 46.5 Å². The minimum atomic E-state index is -0.394. The van der Waals surface area contributed by atoms with Crippen LogP contribution in [0.25, 0.3) is 0 Å². The maximum Gasteiger partial charge on any atom is 0.364 e. The largest absolute Gasteiger partial charge is 0.464 e. The fourth-order valence-corrected chi connectivity index (χ4v) is 1.99. The first kappa shape index (κ1) is 12.5. The van der Waals surface area contributed by atoms with E-state index in [0.29, 0.717) is 24.1 Å². The highest BCUT2D eigenvalue weighted by Crippen LogP contribution is 2.23. The van der Waals surface area contributed by atoms with E-state index in [2.05, 4.69) is 6.92 Å². The Kier molecular flexibility index (Phi) is 3.73. The maximum atomic E-state index is 11.7. The molecule has 0 radical (unpaired) electrons. The first-order valence-electron chi connectivity index (χ1n) is 5.33. The monoisotopic (exact) mass is 215 g/mol. The van der Waals surface area contributed by atoms with E-state index < -0.39 is 6.10 Å². The highest BCUT2D eigenvalue weighted by molar-refractivity contribution is 5.74. The molecule has 1 rings (SSSR count). The lowest BCUT2D eigenvalue weighted by molar-refractivity contribution is -0.895. The van der Waals surface area contributed by atoms with E-state index in [4.69, 9.17) is 4.74 Å². The summed E-state index contributed by atoms with van der Waals surface area (Å²) >= 11 is 0. The number of nitrogens with zero attached hydrogens (tertiary/aromatic N) is 1. The average Bonchev–Trinajstić information content (AvgIpc) is 2.35. The van der Waals surface area contributed by atoms with Crippen molar-refractivity contribution in [3.63, 3.8) is 0 Å². The lowest BCUT2D eigenvalue weighted by atomic mass is 10.2. The van der Waals surface area contributed by atoms with Crippen LogP contribution in [-0.2, 0) is 9.53 Å². The van der Waals surface area contributed by atoms with Crippen LogP contribution < -0.4 is 0 Å². The van der Waals surface area contributed by atoms with Crippen LogP contribution in [0.1, 0.15) is 13.3 Å². The molecule has 88 valence electrons. The molecule has 1 fully saturated rings. The van der Waals surface area contributed by atoms with Gasteiger partial charge in [-0.1, -0.05) is 6.92 Å². The van der Waals surface area contributed by atoms with Crippen LogP contribution in [0.15, 0.2) is 0 Å². The van der Waals surface area contributed by atoms with Crippen LogP contribution in [0.4, 0.5) is 0 Å². The normalized spacial score (nSPS) is 31.3. The predicted octanol–water partition coefficient (Wildman–Crippen LogP) is 0.209. The first-order valence-corrected chi connectivity index (χ1v) is 5.33. The summed E-state index contributed by atoms with van der Waals surface area (Å²) in [6.07, 6.45) is 0.104. The predicted molar refractivity (Wildman–Crippen MR) is 56.9 cm³/mol. The zero-order valence-corrected chi connectivity index (χ0v) is 9.77. The van der Waals surface area contributed by atoms with Gasteiger partial charge in [0.1, 0.15) is 12.6 Å². The molecule has 0 aliphatic carbocycles. The van der Waals surface area contributed by atoms with E-state index in [1.807, 2.05) is 21.0 Å². The van der Waals surface area contributed by atoms with Gasteiger partial charge in [0.05, 0.1) is 20.7 Å². The van der Waals surface area contributed by atoms with Crippen LogP contribution in [-0.4, -0.2) is 55.0 Å². The summed E-state index contributed by atoms with van der Waals surface area (Å²) in [6.45, 7) is 6.62. The minimum absolute atomic E-state index is 0.107. The van der Waals surface area contributed by atoms with Crippen molar-refractivity contribution in [2.24, 2.45) is 5.92 Å². The number of aliphatic hydroxyl groups is 1. The number of likely N-dealkylation sites (tertiary alicyclic amines) is 1. The molecule has 0 aromatic rings. The Bertz CT molecular complexity index is 238. The number of likely N-dealkylation sites (N-methyl/N-ethyl adjacent to an activating group) is 1. The van der Waals surface area contributed by atoms with Crippen LogP contribution >= 0.6 is 0 Å². The molecular formula is C11H21NO3. The lowest BCUT2D eigenvalue weighted by Crippen LogP contribution is -2.49. The molecule has 0 aromatic heterocycles.